The lowest BCUT2D eigenvalue weighted by atomic mass is 9.99. The highest BCUT2D eigenvalue weighted by molar-refractivity contribution is 7.80. The van der Waals surface area contributed by atoms with Gasteiger partial charge in [-0.15, -0.1) is 0 Å². The molecule has 2 aromatic carbocycles. The molecule has 3 aliphatic rings. The van der Waals surface area contributed by atoms with Crippen LogP contribution in [0.2, 0.25) is 0 Å². The molecular formula is C23H25N3O4S. The lowest BCUT2D eigenvalue weighted by Gasteiger charge is -2.39. The molecule has 0 bridgehead atoms. The third-order valence-corrected chi connectivity index (χ3v) is 6.39. The molecule has 0 spiro atoms. The summed E-state index contributed by atoms with van der Waals surface area (Å²) in [7, 11) is 0. The normalized spacial score (nSPS) is 21.0. The van der Waals surface area contributed by atoms with Crippen molar-refractivity contribution in [3.63, 3.8) is 0 Å². The van der Waals surface area contributed by atoms with Crippen molar-refractivity contribution in [2.24, 2.45) is 0 Å². The molecule has 3 heterocycles. The number of likely N-dealkylation sites (tertiary alicyclic amines) is 1. The van der Waals surface area contributed by atoms with Gasteiger partial charge in [-0.2, -0.15) is 0 Å². The molecule has 3 aliphatic heterocycles. The second-order valence-corrected chi connectivity index (χ2v) is 8.30. The van der Waals surface area contributed by atoms with Crippen LogP contribution < -0.4 is 14.8 Å². The van der Waals surface area contributed by atoms with E-state index in [9.17, 15) is 4.79 Å². The number of fused-ring (bicyclic) bond motifs is 1. The number of carbonyl (C=O) groups is 1. The zero-order valence-electron chi connectivity index (χ0n) is 17.2. The fraction of sp³-hybridized carbons (Fsp3) is 0.391. The third-order valence-electron chi connectivity index (χ3n) is 6.03. The summed E-state index contributed by atoms with van der Waals surface area (Å²) in [6, 6.07) is 16.0. The van der Waals surface area contributed by atoms with Gasteiger partial charge in [0.25, 0.3) is 0 Å². The van der Waals surface area contributed by atoms with E-state index in [0.717, 1.165) is 48.7 Å². The lowest BCUT2D eigenvalue weighted by molar-refractivity contribution is 0.123. The summed E-state index contributed by atoms with van der Waals surface area (Å²) in [5, 5.41) is 3.99. The summed E-state index contributed by atoms with van der Waals surface area (Å²) in [5.74, 6) is 1.49. The van der Waals surface area contributed by atoms with Gasteiger partial charge in [-0.05, 0) is 42.8 Å². The van der Waals surface area contributed by atoms with Crippen molar-refractivity contribution in [1.82, 2.24) is 9.80 Å². The first-order chi connectivity index (χ1) is 15.2. The van der Waals surface area contributed by atoms with Gasteiger partial charge in [0.05, 0.1) is 6.04 Å². The molecule has 0 saturated carbocycles. The molecule has 1 N–H and O–H groups in total. The molecular weight excluding hydrogens is 414 g/mol. The van der Waals surface area contributed by atoms with Gasteiger partial charge in [0.15, 0.2) is 16.6 Å². The highest BCUT2D eigenvalue weighted by atomic mass is 32.1. The number of benzene rings is 2. The minimum absolute atomic E-state index is 0.0203. The monoisotopic (exact) mass is 439 g/mol. The van der Waals surface area contributed by atoms with Crippen LogP contribution in [0.25, 0.3) is 0 Å². The van der Waals surface area contributed by atoms with Gasteiger partial charge in [-0.25, -0.2) is 4.79 Å². The summed E-state index contributed by atoms with van der Waals surface area (Å²) in [6.07, 6.45) is 1.48. The maximum Gasteiger partial charge on any atom is 0.410 e. The van der Waals surface area contributed by atoms with Crippen LogP contribution in [-0.4, -0.2) is 60.0 Å². The number of rotatable bonds is 3. The Bertz CT molecular complexity index is 963. The predicted octanol–water partition coefficient (Wildman–Crippen LogP) is 3.81. The predicted molar refractivity (Wildman–Crippen MR) is 121 cm³/mol. The second kappa shape index (κ2) is 8.63. The molecule has 0 radical (unpaired) electrons. The number of carbonyl (C=O) groups excluding carboxylic acids is 1. The molecule has 2 saturated heterocycles. The largest absolute Gasteiger partial charge is 0.486 e. The second-order valence-electron chi connectivity index (χ2n) is 7.92. The van der Waals surface area contributed by atoms with E-state index in [4.69, 9.17) is 26.4 Å². The van der Waals surface area contributed by atoms with Crippen molar-refractivity contribution < 1.29 is 19.0 Å². The zero-order chi connectivity index (χ0) is 21.2. The fourth-order valence-corrected chi connectivity index (χ4v) is 4.74. The third kappa shape index (κ3) is 4.12. The molecule has 7 nitrogen and oxygen atoms in total. The fourth-order valence-electron chi connectivity index (χ4n) is 4.44. The molecule has 2 aromatic rings. The van der Waals surface area contributed by atoms with Crippen LogP contribution in [0.1, 0.15) is 24.4 Å². The average molecular weight is 440 g/mol. The van der Waals surface area contributed by atoms with E-state index in [1.54, 1.807) is 0 Å². The molecule has 31 heavy (non-hydrogen) atoms. The van der Waals surface area contributed by atoms with E-state index < -0.39 is 0 Å². The van der Waals surface area contributed by atoms with Gasteiger partial charge >= 0.3 is 6.09 Å². The maximum atomic E-state index is 12.5. The Morgan fingerprint density at radius 3 is 2.48 bits per heavy atom. The van der Waals surface area contributed by atoms with E-state index in [1.165, 1.54) is 0 Å². The molecule has 1 atom stereocenters. The van der Waals surface area contributed by atoms with E-state index >= 15 is 0 Å². The van der Waals surface area contributed by atoms with Crippen LogP contribution in [0.4, 0.5) is 10.5 Å². The summed E-state index contributed by atoms with van der Waals surface area (Å²) < 4.78 is 16.6. The molecule has 0 aromatic heterocycles. The van der Waals surface area contributed by atoms with Crippen molar-refractivity contribution in [3.8, 4) is 11.5 Å². The first-order valence-corrected chi connectivity index (χ1v) is 11.1. The van der Waals surface area contributed by atoms with E-state index in [-0.39, 0.29) is 18.2 Å². The number of amides is 1. The molecule has 2 fully saturated rings. The summed E-state index contributed by atoms with van der Waals surface area (Å²) in [4.78, 5) is 16.5. The smallest absolute Gasteiger partial charge is 0.410 e. The van der Waals surface area contributed by atoms with E-state index in [1.807, 2.05) is 41.3 Å². The SMILES string of the molecule is O=C1OCC(c2ccccc2)N1C1CCN(C(=S)Nc2ccc3c(c2)OCCO3)CC1. The Kier molecular flexibility index (Phi) is 5.55. The van der Waals surface area contributed by atoms with E-state index in [0.29, 0.717) is 24.9 Å². The van der Waals surface area contributed by atoms with Crippen LogP contribution in [0.5, 0.6) is 11.5 Å². The van der Waals surface area contributed by atoms with E-state index in [2.05, 4.69) is 22.3 Å². The average Bonchev–Trinajstić information content (AvgIpc) is 3.21. The van der Waals surface area contributed by atoms with Crippen LogP contribution in [0, 0.1) is 0 Å². The van der Waals surface area contributed by atoms with Gasteiger partial charge in [0, 0.05) is 30.9 Å². The number of nitrogens with one attached hydrogen (secondary N) is 1. The minimum atomic E-state index is -0.218. The Morgan fingerprint density at radius 1 is 0.968 bits per heavy atom. The van der Waals surface area contributed by atoms with Crippen LogP contribution >= 0.6 is 12.2 Å². The molecule has 5 rings (SSSR count). The van der Waals surface area contributed by atoms with Gasteiger partial charge in [0.1, 0.15) is 19.8 Å². The highest BCUT2D eigenvalue weighted by Gasteiger charge is 2.40. The topological polar surface area (TPSA) is 63.3 Å². The molecule has 8 heteroatoms. The summed E-state index contributed by atoms with van der Waals surface area (Å²) in [6.45, 7) is 3.10. The summed E-state index contributed by atoms with van der Waals surface area (Å²) >= 11 is 5.64. The van der Waals surface area contributed by atoms with Crippen molar-refractivity contribution in [1.29, 1.82) is 0 Å². The van der Waals surface area contributed by atoms with Crippen molar-refractivity contribution >= 4 is 29.1 Å². The van der Waals surface area contributed by atoms with Crippen LogP contribution in [0.3, 0.4) is 0 Å². The number of hydrogen-bond acceptors (Lipinski definition) is 5. The van der Waals surface area contributed by atoms with Crippen LogP contribution in [0.15, 0.2) is 48.5 Å². The van der Waals surface area contributed by atoms with Gasteiger partial charge in [0.2, 0.25) is 0 Å². The molecule has 1 unspecified atom stereocenters. The first-order valence-electron chi connectivity index (χ1n) is 10.6. The Hall–Kier alpha value is -3.00. The lowest BCUT2D eigenvalue weighted by Crippen LogP contribution is -2.48. The number of hydrogen-bond donors (Lipinski definition) is 1. The molecule has 0 aliphatic carbocycles. The number of cyclic esters (lactones) is 1. The van der Waals surface area contributed by atoms with Crippen LogP contribution in [-0.2, 0) is 4.74 Å². The first kappa shape index (κ1) is 19.9. The maximum absolute atomic E-state index is 12.5. The van der Waals surface area contributed by atoms with Gasteiger partial charge < -0.3 is 24.4 Å². The van der Waals surface area contributed by atoms with Crippen molar-refractivity contribution in [3.05, 3.63) is 54.1 Å². The van der Waals surface area contributed by atoms with Crippen molar-refractivity contribution in [2.45, 2.75) is 24.9 Å². The zero-order valence-corrected chi connectivity index (χ0v) is 18.0. The Balaban J connectivity index is 1.20. The van der Waals surface area contributed by atoms with Crippen molar-refractivity contribution in [2.75, 3.05) is 38.2 Å². The number of piperidine rings is 1. The highest BCUT2D eigenvalue weighted by Crippen LogP contribution is 2.34. The minimum Gasteiger partial charge on any atom is -0.486 e. The molecule has 162 valence electrons. The molecule has 1 amide bonds. The Labute approximate surface area is 186 Å². The van der Waals surface area contributed by atoms with Gasteiger partial charge in [-0.3, -0.25) is 4.90 Å². The number of ether oxygens (including phenoxy) is 3. The Morgan fingerprint density at radius 2 is 1.71 bits per heavy atom. The quantitative estimate of drug-likeness (QED) is 0.730. The number of anilines is 1. The summed E-state index contributed by atoms with van der Waals surface area (Å²) in [5.41, 5.74) is 2.00. The number of nitrogens with zero attached hydrogens (tertiary/aromatic N) is 2. The number of thiocarbonyl (C=S) groups is 1. The van der Waals surface area contributed by atoms with Gasteiger partial charge in [-0.1, -0.05) is 30.3 Å². The standard InChI is InChI=1S/C23H25N3O4S/c27-23-26(19(15-30-23)16-4-2-1-3-5-16)18-8-10-25(11-9-18)22(31)24-17-6-7-20-21(14-17)29-13-12-28-20/h1-7,14,18-19H,8-13,15H2,(H,24,31).